The molecule has 0 spiro atoms. The van der Waals surface area contributed by atoms with Crippen molar-refractivity contribution < 1.29 is 23.1 Å². The number of halogens is 1. The molecule has 0 saturated carbocycles. The van der Waals surface area contributed by atoms with Crippen molar-refractivity contribution in [3.8, 4) is 5.75 Å². The van der Waals surface area contributed by atoms with E-state index >= 15 is 0 Å². The lowest BCUT2D eigenvalue weighted by molar-refractivity contribution is -0.118. The van der Waals surface area contributed by atoms with Crippen LogP contribution < -0.4 is 14.8 Å². The molecule has 0 aliphatic rings. The standard InChI is InChI=1S/C15H15BrN2O5S/c1-23-13-6-5-10(16)7-14(13)24(21,22)18-12-4-2-3-11(8-12)17-15(20)9-19/h2-8,18-19H,9H2,1H3,(H,17,20). The van der Waals surface area contributed by atoms with Crippen LogP contribution in [0.25, 0.3) is 0 Å². The number of carbonyl (C=O) groups excluding carboxylic acids is 1. The minimum absolute atomic E-state index is 0.0239. The van der Waals surface area contributed by atoms with Crippen LogP contribution in [0, 0.1) is 0 Å². The summed E-state index contributed by atoms with van der Waals surface area (Å²) in [4.78, 5) is 11.2. The molecule has 0 heterocycles. The Morgan fingerprint density at radius 2 is 1.92 bits per heavy atom. The molecule has 2 aromatic rings. The van der Waals surface area contributed by atoms with E-state index in [4.69, 9.17) is 9.84 Å². The fourth-order valence-electron chi connectivity index (χ4n) is 1.93. The summed E-state index contributed by atoms with van der Waals surface area (Å²) in [5, 5.41) is 11.2. The highest BCUT2D eigenvalue weighted by molar-refractivity contribution is 9.10. The minimum Gasteiger partial charge on any atom is -0.495 e. The number of amides is 1. The van der Waals surface area contributed by atoms with Gasteiger partial charge < -0.3 is 15.2 Å². The van der Waals surface area contributed by atoms with Gasteiger partial charge in [0.1, 0.15) is 17.3 Å². The highest BCUT2D eigenvalue weighted by Gasteiger charge is 2.20. The first kappa shape index (κ1) is 18.2. The summed E-state index contributed by atoms with van der Waals surface area (Å²) in [5.41, 5.74) is 0.614. The molecule has 0 aliphatic heterocycles. The third kappa shape index (κ3) is 4.47. The predicted molar refractivity (Wildman–Crippen MR) is 93.7 cm³/mol. The summed E-state index contributed by atoms with van der Waals surface area (Å²) in [7, 11) is -2.51. The second-order valence-corrected chi connectivity index (χ2v) is 7.25. The van der Waals surface area contributed by atoms with Crippen molar-refractivity contribution in [1.82, 2.24) is 0 Å². The van der Waals surface area contributed by atoms with Crippen molar-refractivity contribution in [3.63, 3.8) is 0 Å². The van der Waals surface area contributed by atoms with Gasteiger partial charge in [0.2, 0.25) is 5.91 Å². The Morgan fingerprint density at radius 3 is 2.58 bits per heavy atom. The third-order valence-electron chi connectivity index (χ3n) is 2.96. The van der Waals surface area contributed by atoms with Crippen molar-refractivity contribution in [1.29, 1.82) is 0 Å². The van der Waals surface area contributed by atoms with Gasteiger partial charge in [-0.25, -0.2) is 8.42 Å². The maximum Gasteiger partial charge on any atom is 0.265 e. The van der Waals surface area contributed by atoms with Crippen molar-refractivity contribution in [2.75, 3.05) is 23.8 Å². The van der Waals surface area contributed by atoms with Crippen LogP contribution in [0.5, 0.6) is 5.75 Å². The van der Waals surface area contributed by atoms with E-state index in [9.17, 15) is 13.2 Å². The van der Waals surface area contributed by atoms with E-state index in [1.165, 1.54) is 31.4 Å². The Labute approximate surface area is 147 Å². The number of hydrogen-bond donors (Lipinski definition) is 3. The number of hydrogen-bond acceptors (Lipinski definition) is 5. The van der Waals surface area contributed by atoms with Gasteiger partial charge in [-0.2, -0.15) is 0 Å². The Morgan fingerprint density at radius 1 is 1.21 bits per heavy atom. The van der Waals surface area contributed by atoms with Gasteiger partial charge >= 0.3 is 0 Å². The molecule has 0 unspecified atom stereocenters. The third-order valence-corrected chi connectivity index (χ3v) is 4.85. The number of sulfonamides is 1. The lowest BCUT2D eigenvalue weighted by Crippen LogP contribution is -2.16. The second kappa shape index (κ2) is 7.65. The quantitative estimate of drug-likeness (QED) is 0.671. The van der Waals surface area contributed by atoms with Crippen molar-refractivity contribution in [3.05, 3.63) is 46.9 Å². The Kier molecular flexibility index (Phi) is 5.81. The zero-order chi connectivity index (χ0) is 17.7. The molecular weight excluding hydrogens is 400 g/mol. The highest BCUT2D eigenvalue weighted by atomic mass is 79.9. The van der Waals surface area contributed by atoms with Crippen LogP contribution in [0.1, 0.15) is 0 Å². The number of nitrogens with one attached hydrogen (secondary N) is 2. The van der Waals surface area contributed by atoms with Crippen LogP contribution >= 0.6 is 15.9 Å². The number of benzene rings is 2. The predicted octanol–water partition coefficient (Wildman–Crippen LogP) is 2.19. The Hall–Kier alpha value is -2.10. The Bertz CT molecular complexity index is 855. The topological polar surface area (TPSA) is 105 Å². The molecule has 9 heteroatoms. The van der Waals surface area contributed by atoms with E-state index in [-0.39, 0.29) is 16.3 Å². The van der Waals surface area contributed by atoms with Crippen LogP contribution in [0.15, 0.2) is 51.8 Å². The number of anilines is 2. The molecule has 0 bridgehead atoms. The van der Waals surface area contributed by atoms with Crippen molar-refractivity contribution >= 4 is 43.2 Å². The molecule has 2 aromatic carbocycles. The van der Waals surface area contributed by atoms with Gasteiger partial charge in [-0.05, 0) is 36.4 Å². The molecule has 0 fully saturated rings. The van der Waals surface area contributed by atoms with E-state index in [0.717, 1.165) is 0 Å². The van der Waals surface area contributed by atoms with Gasteiger partial charge in [0.15, 0.2) is 0 Å². The summed E-state index contributed by atoms with van der Waals surface area (Å²) in [6.07, 6.45) is 0. The monoisotopic (exact) mass is 414 g/mol. The highest BCUT2D eigenvalue weighted by Crippen LogP contribution is 2.29. The normalized spacial score (nSPS) is 11.0. The summed E-state index contributed by atoms with van der Waals surface area (Å²) in [6.45, 7) is -0.662. The average molecular weight is 415 g/mol. The first-order chi connectivity index (χ1) is 11.4. The molecule has 0 saturated heterocycles. The van der Waals surface area contributed by atoms with Gasteiger partial charge in [0.25, 0.3) is 10.0 Å². The van der Waals surface area contributed by atoms with Crippen molar-refractivity contribution in [2.24, 2.45) is 0 Å². The van der Waals surface area contributed by atoms with Gasteiger partial charge in [-0.1, -0.05) is 22.0 Å². The van der Waals surface area contributed by atoms with E-state index in [0.29, 0.717) is 10.2 Å². The summed E-state index contributed by atoms with van der Waals surface area (Å²) >= 11 is 3.23. The van der Waals surface area contributed by atoms with Crippen molar-refractivity contribution in [2.45, 2.75) is 4.90 Å². The molecular formula is C15H15BrN2O5S. The van der Waals surface area contributed by atoms with Gasteiger partial charge in [-0.15, -0.1) is 0 Å². The van der Waals surface area contributed by atoms with E-state index in [2.05, 4.69) is 26.0 Å². The maximum absolute atomic E-state index is 12.6. The summed E-state index contributed by atoms with van der Waals surface area (Å²) < 4.78 is 33.3. The number of rotatable bonds is 6. The van der Waals surface area contributed by atoms with Crippen LogP contribution in [-0.2, 0) is 14.8 Å². The molecule has 1 amide bonds. The van der Waals surface area contributed by atoms with Crippen LogP contribution in [0.3, 0.4) is 0 Å². The van der Waals surface area contributed by atoms with Gasteiger partial charge in [0, 0.05) is 10.2 Å². The summed E-state index contributed by atoms with van der Waals surface area (Å²) in [6, 6.07) is 10.8. The second-order valence-electron chi connectivity index (χ2n) is 4.69. The average Bonchev–Trinajstić information content (AvgIpc) is 2.54. The molecule has 0 atom stereocenters. The molecule has 3 N–H and O–H groups in total. The fourth-order valence-corrected chi connectivity index (χ4v) is 3.69. The largest absolute Gasteiger partial charge is 0.495 e. The molecule has 0 aliphatic carbocycles. The zero-order valence-corrected chi connectivity index (χ0v) is 15.0. The minimum atomic E-state index is -3.90. The number of aliphatic hydroxyl groups is 1. The number of aliphatic hydroxyl groups excluding tert-OH is 1. The molecule has 0 aromatic heterocycles. The number of carbonyl (C=O) groups is 1. The first-order valence-electron chi connectivity index (χ1n) is 6.73. The molecule has 0 radical (unpaired) electrons. The number of methoxy groups -OCH3 is 1. The molecule has 7 nitrogen and oxygen atoms in total. The van der Waals surface area contributed by atoms with Crippen LogP contribution in [0.2, 0.25) is 0 Å². The van der Waals surface area contributed by atoms with Crippen LogP contribution in [0.4, 0.5) is 11.4 Å². The Balaban J connectivity index is 2.31. The molecule has 24 heavy (non-hydrogen) atoms. The van der Waals surface area contributed by atoms with E-state index < -0.39 is 22.5 Å². The lowest BCUT2D eigenvalue weighted by Gasteiger charge is -2.13. The first-order valence-corrected chi connectivity index (χ1v) is 9.00. The number of ether oxygens (including phenoxy) is 1. The molecule has 128 valence electrons. The van der Waals surface area contributed by atoms with E-state index in [1.807, 2.05) is 0 Å². The zero-order valence-electron chi connectivity index (χ0n) is 12.6. The smallest absolute Gasteiger partial charge is 0.265 e. The fraction of sp³-hybridized carbons (Fsp3) is 0.133. The van der Waals surface area contributed by atoms with Crippen LogP contribution in [-0.4, -0.2) is 33.1 Å². The SMILES string of the molecule is COc1ccc(Br)cc1S(=O)(=O)Nc1cccc(NC(=O)CO)c1. The maximum atomic E-state index is 12.6. The lowest BCUT2D eigenvalue weighted by atomic mass is 10.3. The van der Waals surface area contributed by atoms with Gasteiger partial charge in [-0.3, -0.25) is 9.52 Å². The van der Waals surface area contributed by atoms with Gasteiger partial charge in [0.05, 0.1) is 12.8 Å². The summed E-state index contributed by atoms with van der Waals surface area (Å²) in [5.74, 6) is -0.390. The van der Waals surface area contributed by atoms with E-state index in [1.54, 1.807) is 18.2 Å². The molecule has 2 rings (SSSR count).